The Morgan fingerprint density at radius 3 is 2.74 bits per heavy atom. The third-order valence-corrected chi connectivity index (χ3v) is 5.97. The monoisotopic (exact) mass is 335 g/mol. The van der Waals surface area contributed by atoms with E-state index in [-0.39, 0.29) is 0 Å². The fraction of sp³-hybridized carbons (Fsp3) is 0.588. The summed E-state index contributed by atoms with van der Waals surface area (Å²) in [6.07, 6.45) is 4.02. The topological polar surface area (TPSA) is 68.9 Å². The molecule has 0 radical (unpaired) electrons. The average Bonchev–Trinajstić information content (AvgIpc) is 3.25. The molecule has 126 valence electrons. The van der Waals surface area contributed by atoms with Gasteiger partial charge in [0.2, 0.25) is 0 Å². The van der Waals surface area contributed by atoms with E-state index in [0.29, 0.717) is 28.8 Å². The Balaban J connectivity index is 1.55. The molecule has 23 heavy (non-hydrogen) atoms. The number of hydrogen-bond acceptors (Lipinski definition) is 4. The third kappa shape index (κ3) is 3.68. The van der Waals surface area contributed by atoms with Crippen LogP contribution in [0.4, 0.5) is 5.69 Å². The predicted molar refractivity (Wildman–Crippen MR) is 96.8 cm³/mol. The Bertz CT molecular complexity index is 585. The maximum Gasteiger partial charge on any atom is 0.193 e. The van der Waals surface area contributed by atoms with Crippen molar-refractivity contribution in [3.63, 3.8) is 0 Å². The van der Waals surface area contributed by atoms with Crippen LogP contribution < -0.4 is 20.5 Å². The van der Waals surface area contributed by atoms with Crippen molar-refractivity contribution in [3.8, 4) is 11.5 Å². The Kier molecular flexibility index (Phi) is 4.90. The first kappa shape index (κ1) is 16.3. The highest BCUT2D eigenvalue weighted by Crippen LogP contribution is 2.60. The van der Waals surface area contributed by atoms with E-state index in [0.717, 1.165) is 12.2 Å². The zero-order chi connectivity index (χ0) is 16.3. The SMILES string of the molecule is COc1ccc(NC(N)=NCC2CC23CCSCC3)cc1OC. The van der Waals surface area contributed by atoms with Crippen molar-refractivity contribution in [1.29, 1.82) is 0 Å². The van der Waals surface area contributed by atoms with Crippen molar-refractivity contribution >= 4 is 23.4 Å². The lowest BCUT2D eigenvalue weighted by Crippen LogP contribution is -2.23. The number of nitrogens with zero attached hydrogens (tertiary/aromatic N) is 1. The van der Waals surface area contributed by atoms with Crippen molar-refractivity contribution in [2.24, 2.45) is 22.1 Å². The predicted octanol–water partition coefficient (Wildman–Crippen LogP) is 2.96. The van der Waals surface area contributed by atoms with Crippen molar-refractivity contribution in [3.05, 3.63) is 18.2 Å². The Morgan fingerprint density at radius 1 is 1.30 bits per heavy atom. The van der Waals surface area contributed by atoms with Crippen LogP contribution in [0.25, 0.3) is 0 Å². The minimum Gasteiger partial charge on any atom is -0.493 e. The minimum atomic E-state index is 0.462. The normalized spacial score (nSPS) is 22.7. The van der Waals surface area contributed by atoms with E-state index >= 15 is 0 Å². The highest BCUT2D eigenvalue weighted by molar-refractivity contribution is 7.99. The van der Waals surface area contributed by atoms with Crippen LogP contribution in [0.15, 0.2) is 23.2 Å². The third-order valence-electron chi connectivity index (χ3n) is 4.99. The van der Waals surface area contributed by atoms with Gasteiger partial charge in [-0.05, 0) is 54.2 Å². The van der Waals surface area contributed by atoms with Gasteiger partial charge in [0.05, 0.1) is 14.2 Å². The van der Waals surface area contributed by atoms with E-state index in [1.54, 1.807) is 14.2 Å². The summed E-state index contributed by atoms with van der Waals surface area (Å²) in [5.74, 6) is 5.16. The van der Waals surface area contributed by atoms with E-state index < -0.39 is 0 Å². The van der Waals surface area contributed by atoms with Gasteiger partial charge in [-0.3, -0.25) is 4.99 Å². The molecule has 1 atom stereocenters. The highest BCUT2D eigenvalue weighted by atomic mass is 32.2. The Hall–Kier alpha value is -1.56. The second-order valence-corrected chi connectivity index (χ2v) is 7.52. The fourth-order valence-corrected chi connectivity index (χ4v) is 4.70. The standard InChI is InChI=1S/C17H25N3O2S/c1-21-14-4-3-13(9-15(14)22-2)20-16(18)19-11-12-10-17(12)5-7-23-8-6-17/h3-4,9,12H,5-8,10-11H2,1-2H3,(H3,18,19,20). The maximum atomic E-state index is 6.02. The lowest BCUT2D eigenvalue weighted by atomic mass is 9.96. The second-order valence-electron chi connectivity index (χ2n) is 6.30. The number of benzene rings is 1. The van der Waals surface area contributed by atoms with Crippen LogP contribution in [0.2, 0.25) is 0 Å². The maximum absolute atomic E-state index is 6.02. The number of ether oxygens (including phenoxy) is 2. The molecule has 1 unspecified atom stereocenters. The molecule has 0 amide bonds. The van der Waals surface area contributed by atoms with Crippen molar-refractivity contribution in [2.75, 3.05) is 37.6 Å². The van der Waals surface area contributed by atoms with Crippen LogP contribution in [-0.4, -0.2) is 38.2 Å². The van der Waals surface area contributed by atoms with Crippen molar-refractivity contribution < 1.29 is 9.47 Å². The van der Waals surface area contributed by atoms with Crippen molar-refractivity contribution in [2.45, 2.75) is 19.3 Å². The lowest BCUT2D eigenvalue weighted by molar-refractivity contribution is 0.355. The van der Waals surface area contributed by atoms with E-state index in [1.807, 2.05) is 18.2 Å². The molecule has 0 aromatic heterocycles. The molecule has 3 rings (SSSR count). The van der Waals surface area contributed by atoms with Gasteiger partial charge in [-0.1, -0.05) is 0 Å². The van der Waals surface area contributed by atoms with Crippen LogP contribution in [0.1, 0.15) is 19.3 Å². The summed E-state index contributed by atoms with van der Waals surface area (Å²) in [6, 6.07) is 5.61. The van der Waals surface area contributed by atoms with Crippen molar-refractivity contribution in [1.82, 2.24) is 0 Å². The van der Waals surface area contributed by atoms with Gasteiger partial charge < -0.3 is 20.5 Å². The molecule has 1 saturated heterocycles. The van der Waals surface area contributed by atoms with Crippen LogP contribution >= 0.6 is 11.8 Å². The first-order valence-corrected chi connectivity index (χ1v) is 9.19. The Labute approximate surface area is 142 Å². The second kappa shape index (κ2) is 6.91. The summed E-state index contributed by atoms with van der Waals surface area (Å²) in [4.78, 5) is 4.53. The molecule has 1 heterocycles. The summed E-state index contributed by atoms with van der Waals surface area (Å²) < 4.78 is 10.5. The quantitative estimate of drug-likeness (QED) is 0.639. The summed E-state index contributed by atoms with van der Waals surface area (Å²) in [6.45, 7) is 0.830. The molecule has 5 nitrogen and oxygen atoms in total. The van der Waals surface area contributed by atoms with E-state index in [4.69, 9.17) is 15.2 Å². The van der Waals surface area contributed by atoms with E-state index in [9.17, 15) is 0 Å². The van der Waals surface area contributed by atoms with Gasteiger partial charge in [0.1, 0.15) is 0 Å². The van der Waals surface area contributed by atoms with Crippen LogP contribution in [0, 0.1) is 11.3 Å². The van der Waals surface area contributed by atoms with Gasteiger partial charge in [-0.25, -0.2) is 0 Å². The van der Waals surface area contributed by atoms with Crippen LogP contribution in [-0.2, 0) is 0 Å². The molecule has 1 aliphatic heterocycles. The number of hydrogen-bond donors (Lipinski definition) is 2. The minimum absolute atomic E-state index is 0.462. The molecule has 1 aromatic carbocycles. The number of aliphatic imine (C=N–C) groups is 1. The summed E-state index contributed by atoms with van der Waals surface area (Å²) in [7, 11) is 3.24. The number of nitrogens with one attached hydrogen (secondary N) is 1. The first-order valence-electron chi connectivity index (χ1n) is 8.03. The largest absolute Gasteiger partial charge is 0.493 e. The summed E-state index contributed by atoms with van der Waals surface area (Å²) in [5.41, 5.74) is 7.46. The van der Waals surface area contributed by atoms with Gasteiger partial charge in [-0.2, -0.15) is 11.8 Å². The molecule has 2 fully saturated rings. The number of methoxy groups -OCH3 is 2. The van der Waals surface area contributed by atoms with Crippen LogP contribution in [0.5, 0.6) is 11.5 Å². The van der Waals surface area contributed by atoms with Gasteiger partial charge in [0.25, 0.3) is 0 Å². The molecular weight excluding hydrogens is 310 g/mol. The molecule has 1 aromatic rings. The van der Waals surface area contributed by atoms with Gasteiger partial charge in [-0.15, -0.1) is 0 Å². The smallest absolute Gasteiger partial charge is 0.193 e. The number of anilines is 1. The lowest BCUT2D eigenvalue weighted by Gasteiger charge is -2.21. The van der Waals surface area contributed by atoms with E-state index in [1.165, 1.54) is 30.8 Å². The summed E-state index contributed by atoms with van der Waals surface area (Å²) >= 11 is 2.08. The molecule has 1 spiro atoms. The Morgan fingerprint density at radius 2 is 2.04 bits per heavy atom. The molecule has 6 heteroatoms. The number of rotatable bonds is 5. The van der Waals surface area contributed by atoms with E-state index in [2.05, 4.69) is 22.1 Å². The molecule has 2 aliphatic rings. The number of thioether (sulfide) groups is 1. The number of guanidine groups is 1. The zero-order valence-corrected chi connectivity index (χ0v) is 14.6. The average molecular weight is 335 g/mol. The molecule has 3 N–H and O–H groups in total. The molecule has 1 saturated carbocycles. The number of nitrogens with two attached hydrogens (primary N) is 1. The van der Waals surface area contributed by atoms with Crippen LogP contribution in [0.3, 0.4) is 0 Å². The molecular formula is C17H25N3O2S. The zero-order valence-electron chi connectivity index (χ0n) is 13.8. The molecule has 0 bridgehead atoms. The summed E-state index contributed by atoms with van der Waals surface area (Å²) in [5, 5.41) is 3.13. The van der Waals surface area contributed by atoms with Gasteiger partial charge in [0.15, 0.2) is 17.5 Å². The van der Waals surface area contributed by atoms with Gasteiger partial charge in [0, 0.05) is 18.3 Å². The molecule has 1 aliphatic carbocycles. The van der Waals surface area contributed by atoms with Gasteiger partial charge >= 0.3 is 0 Å². The first-order chi connectivity index (χ1) is 11.2. The highest BCUT2D eigenvalue weighted by Gasteiger charge is 2.53. The fourth-order valence-electron chi connectivity index (χ4n) is 3.39.